The van der Waals surface area contributed by atoms with Crippen molar-refractivity contribution in [3.8, 4) is 34.5 Å². The molecule has 22 heavy (non-hydrogen) atoms. The van der Waals surface area contributed by atoms with E-state index in [1.54, 1.807) is 24.4 Å². The molecule has 0 fully saturated rings. The number of phenolic OH excluding ortho intramolecular Hbond substituents is 1. The van der Waals surface area contributed by atoms with Crippen molar-refractivity contribution in [1.82, 2.24) is 15.1 Å². The van der Waals surface area contributed by atoms with Crippen LogP contribution in [0.5, 0.6) is 11.5 Å². The van der Waals surface area contributed by atoms with Crippen molar-refractivity contribution >= 4 is 0 Å². The van der Waals surface area contributed by atoms with E-state index < -0.39 is 0 Å². The van der Waals surface area contributed by atoms with Crippen molar-refractivity contribution in [2.75, 3.05) is 6.61 Å². The zero-order valence-corrected chi connectivity index (χ0v) is 12.3. The Morgan fingerprint density at radius 3 is 2.86 bits per heavy atom. The molecular weight excluding hydrogens is 282 g/mol. The quantitative estimate of drug-likeness (QED) is 0.796. The largest absolute Gasteiger partial charge is 0.504 e. The summed E-state index contributed by atoms with van der Waals surface area (Å²) in [5.41, 5.74) is 2.03. The minimum absolute atomic E-state index is 0.0164. The smallest absolute Gasteiger partial charge is 0.262 e. The van der Waals surface area contributed by atoms with E-state index >= 15 is 0 Å². The minimum Gasteiger partial charge on any atom is -0.504 e. The summed E-state index contributed by atoms with van der Waals surface area (Å²) in [7, 11) is 0. The van der Waals surface area contributed by atoms with Gasteiger partial charge in [0.1, 0.15) is 5.69 Å². The number of aryl methyl sites for hydroxylation is 1. The van der Waals surface area contributed by atoms with Gasteiger partial charge in [-0.15, -0.1) is 0 Å². The van der Waals surface area contributed by atoms with Crippen molar-refractivity contribution in [3.63, 3.8) is 0 Å². The number of ether oxygens (including phenoxy) is 1. The number of pyridine rings is 1. The molecule has 2 aromatic heterocycles. The first-order valence-electron chi connectivity index (χ1n) is 6.91. The van der Waals surface area contributed by atoms with Gasteiger partial charge in [-0.3, -0.25) is 4.98 Å². The second-order valence-electron chi connectivity index (χ2n) is 4.68. The van der Waals surface area contributed by atoms with E-state index in [0.717, 1.165) is 5.56 Å². The molecule has 0 aliphatic heterocycles. The van der Waals surface area contributed by atoms with Crippen LogP contribution in [0, 0.1) is 6.92 Å². The number of benzene rings is 1. The minimum atomic E-state index is -0.0164. The molecular formula is C16H15N3O3. The predicted molar refractivity (Wildman–Crippen MR) is 80.5 cm³/mol. The molecule has 6 nitrogen and oxygen atoms in total. The van der Waals surface area contributed by atoms with Crippen LogP contribution in [0.25, 0.3) is 23.0 Å². The van der Waals surface area contributed by atoms with E-state index in [1.165, 1.54) is 0 Å². The molecule has 1 aromatic carbocycles. The number of aromatic hydroxyl groups is 1. The van der Waals surface area contributed by atoms with Crippen LogP contribution in [0.4, 0.5) is 0 Å². The van der Waals surface area contributed by atoms with Gasteiger partial charge in [0.25, 0.3) is 5.89 Å². The van der Waals surface area contributed by atoms with Gasteiger partial charge in [-0.05, 0) is 37.6 Å². The first-order chi connectivity index (χ1) is 10.7. The van der Waals surface area contributed by atoms with Crippen LogP contribution < -0.4 is 4.74 Å². The molecule has 2 heterocycles. The molecule has 0 saturated heterocycles. The highest BCUT2D eigenvalue weighted by molar-refractivity contribution is 5.68. The average molecular weight is 297 g/mol. The summed E-state index contributed by atoms with van der Waals surface area (Å²) in [5, 5.41) is 14.2. The molecule has 0 amide bonds. The third-order valence-electron chi connectivity index (χ3n) is 3.18. The zero-order chi connectivity index (χ0) is 15.5. The van der Waals surface area contributed by atoms with Gasteiger partial charge < -0.3 is 14.4 Å². The van der Waals surface area contributed by atoms with Crippen molar-refractivity contribution < 1.29 is 14.4 Å². The zero-order valence-electron chi connectivity index (χ0n) is 12.3. The molecule has 1 N–H and O–H groups in total. The fourth-order valence-corrected chi connectivity index (χ4v) is 2.12. The monoisotopic (exact) mass is 297 g/mol. The molecule has 6 heteroatoms. The lowest BCUT2D eigenvalue weighted by molar-refractivity contribution is 0.318. The van der Waals surface area contributed by atoms with Crippen LogP contribution in [0.1, 0.15) is 12.5 Å². The fraction of sp³-hybridized carbons (Fsp3) is 0.188. The Balaban J connectivity index is 2.01. The van der Waals surface area contributed by atoms with E-state index in [1.807, 2.05) is 26.0 Å². The molecule has 0 saturated carbocycles. The van der Waals surface area contributed by atoms with Gasteiger partial charge in [0.15, 0.2) is 11.5 Å². The summed E-state index contributed by atoms with van der Waals surface area (Å²) < 4.78 is 10.6. The van der Waals surface area contributed by atoms with Gasteiger partial charge in [0.05, 0.1) is 12.2 Å². The summed E-state index contributed by atoms with van der Waals surface area (Å²) in [6.45, 7) is 4.23. The van der Waals surface area contributed by atoms with Crippen LogP contribution in [0.15, 0.2) is 41.1 Å². The van der Waals surface area contributed by atoms with Gasteiger partial charge in [-0.1, -0.05) is 17.3 Å². The Labute approximate surface area is 127 Å². The predicted octanol–water partition coefficient (Wildman–Crippen LogP) is 3.21. The number of nitrogens with zero attached hydrogens (tertiary/aromatic N) is 3. The Morgan fingerprint density at radius 1 is 1.23 bits per heavy atom. The number of hydrogen-bond acceptors (Lipinski definition) is 6. The molecule has 0 atom stereocenters. The molecule has 0 unspecified atom stereocenters. The second kappa shape index (κ2) is 5.85. The lowest BCUT2D eigenvalue weighted by Gasteiger charge is -2.07. The summed E-state index contributed by atoms with van der Waals surface area (Å²) in [6.07, 6.45) is 1.67. The Morgan fingerprint density at radius 2 is 2.09 bits per heavy atom. The molecule has 3 rings (SSSR count). The van der Waals surface area contributed by atoms with Gasteiger partial charge in [0, 0.05) is 6.20 Å². The Kier molecular flexibility index (Phi) is 3.74. The number of phenols is 1. The summed E-state index contributed by atoms with van der Waals surface area (Å²) in [4.78, 5) is 8.57. The third-order valence-corrected chi connectivity index (χ3v) is 3.18. The van der Waals surface area contributed by atoms with Crippen LogP contribution in [0.3, 0.4) is 0 Å². The SMILES string of the molecule is CCOc1cccc(-c2nc(-c3ncccc3C)no2)c1O. The van der Waals surface area contributed by atoms with Crippen LogP contribution in [-0.4, -0.2) is 26.8 Å². The average Bonchev–Trinajstić information content (AvgIpc) is 2.99. The van der Waals surface area contributed by atoms with Crippen molar-refractivity contribution in [3.05, 3.63) is 42.1 Å². The number of hydrogen-bond donors (Lipinski definition) is 1. The normalized spacial score (nSPS) is 10.6. The first kappa shape index (κ1) is 14.1. The van der Waals surface area contributed by atoms with E-state index in [0.29, 0.717) is 29.4 Å². The highest BCUT2D eigenvalue weighted by atomic mass is 16.5. The Bertz CT molecular complexity index is 799. The molecule has 0 bridgehead atoms. The maximum absolute atomic E-state index is 10.2. The summed E-state index contributed by atoms with van der Waals surface area (Å²) in [5.74, 6) is 0.972. The van der Waals surface area contributed by atoms with Crippen LogP contribution >= 0.6 is 0 Å². The molecule has 0 aliphatic rings. The molecule has 0 spiro atoms. The Hall–Kier alpha value is -2.89. The lowest BCUT2D eigenvalue weighted by atomic mass is 10.2. The van der Waals surface area contributed by atoms with Crippen molar-refractivity contribution in [1.29, 1.82) is 0 Å². The molecule has 3 aromatic rings. The topological polar surface area (TPSA) is 81.3 Å². The van der Waals surface area contributed by atoms with Gasteiger partial charge >= 0.3 is 0 Å². The number of para-hydroxylation sites is 1. The van der Waals surface area contributed by atoms with Crippen LogP contribution in [-0.2, 0) is 0 Å². The maximum Gasteiger partial charge on any atom is 0.262 e. The third kappa shape index (κ3) is 2.50. The highest BCUT2D eigenvalue weighted by Crippen LogP contribution is 2.36. The maximum atomic E-state index is 10.2. The standard InChI is InChI=1S/C16H15N3O3/c1-3-21-12-8-4-7-11(14(12)20)16-18-15(19-22-16)13-10(2)6-5-9-17-13/h4-9,20H,3H2,1-2H3. The fourth-order valence-electron chi connectivity index (χ4n) is 2.12. The van der Waals surface area contributed by atoms with Crippen molar-refractivity contribution in [2.24, 2.45) is 0 Å². The molecule has 0 radical (unpaired) electrons. The lowest BCUT2D eigenvalue weighted by Crippen LogP contribution is -1.93. The van der Waals surface area contributed by atoms with E-state index in [-0.39, 0.29) is 11.6 Å². The number of aromatic nitrogens is 3. The summed E-state index contributed by atoms with van der Waals surface area (Å²) >= 11 is 0. The van der Waals surface area contributed by atoms with E-state index in [2.05, 4.69) is 15.1 Å². The van der Waals surface area contributed by atoms with Gasteiger partial charge in [0.2, 0.25) is 5.82 Å². The first-order valence-corrected chi connectivity index (χ1v) is 6.91. The van der Waals surface area contributed by atoms with E-state index in [4.69, 9.17) is 9.26 Å². The van der Waals surface area contributed by atoms with Crippen LogP contribution in [0.2, 0.25) is 0 Å². The van der Waals surface area contributed by atoms with Gasteiger partial charge in [-0.25, -0.2) is 0 Å². The second-order valence-corrected chi connectivity index (χ2v) is 4.68. The van der Waals surface area contributed by atoms with Gasteiger partial charge in [-0.2, -0.15) is 4.98 Å². The molecule has 112 valence electrons. The summed E-state index contributed by atoms with van der Waals surface area (Å²) in [6, 6.07) is 8.90. The number of rotatable bonds is 4. The van der Waals surface area contributed by atoms with Crippen molar-refractivity contribution in [2.45, 2.75) is 13.8 Å². The molecule has 0 aliphatic carbocycles. The van der Waals surface area contributed by atoms with E-state index in [9.17, 15) is 5.11 Å². The highest BCUT2D eigenvalue weighted by Gasteiger charge is 2.18.